The standard InChI is InChI=1S/C14H19N4O6/c1-22-10-3-8(13(15)23-2)17-14(18-10)16-4-7-6-24-9(5-19)12(21)11(7)20/h3,7,9,11-12,15,19-21H,5-6H2,1-2H3/q+1/t7?,9-,11-,12+/m1/s1. The van der Waals surface area contributed by atoms with E-state index in [4.69, 9.17) is 24.7 Å². The molecule has 1 aliphatic rings. The Balaban J connectivity index is 2.22. The zero-order chi connectivity index (χ0) is 17.7. The largest absolute Gasteiger partial charge is 0.534 e. The first-order valence-corrected chi connectivity index (χ1v) is 7.11. The zero-order valence-electron chi connectivity index (χ0n) is 13.2. The molecular formula is C14H19N4O6+. The van der Waals surface area contributed by atoms with Crippen molar-refractivity contribution in [1.29, 1.82) is 5.41 Å². The molecule has 130 valence electrons. The highest BCUT2D eigenvalue weighted by atomic mass is 16.5. The van der Waals surface area contributed by atoms with Gasteiger partial charge in [0.05, 0.1) is 33.5 Å². The number of hydrogen-bond donors (Lipinski definition) is 4. The molecular weight excluding hydrogens is 320 g/mol. The fourth-order valence-corrected chi connectivity index (χ4v) is 2.09. The van der Waals surface area contributed by atoms with E-state index in [9.17, 15) is 10.2 Å². The smallest absolute Gasteiger partial charge is 0.479 e. The molecule has 0 amide bonds. The summed E-state index contributed by atoms with van der Waals surface area (Å²) in [6.45, 7) is -0.374. The first kappa shape index (κ1) is 18.0. The monoisotopic (exact) mass is 339 g/mol. The quantitative estimate of drug-likeness (QED) is 0.412. The van der Waals surface area contributed by atoms with Gasteiger partial charge < -0.3 is 29.5 Å². The first-order valence-electron chi connectivity index (χ1n) is 7.11. The van der Waals surface area contributed by atoms with Crippen molar-refractivity contribution in [3.05, 3.63) is 16.6 Å². The van der Waals surface area contributed by atoms with E-state index in [1.165, 1.54) is 20.3 Å². The lowest BCUT2D eigenvalue weighted by molar-refractivity contribution is -0.163. The Bertz CT molecular complexity index is 658. The van der Waals surface area contributed by atoms with Gasteiger partial charge in [-0.15, -0.1) is 0 Å². The predicted molar refractivity (Wildman–Crippen MR) is 81.7 cm³/mol. The fourth-order valence-electron chi connectivity index (χ4n) is 2.09. The normalized spacial score (nSPS) is 26.2. The number of ether oxygens (including phenoxy) is 3. The van der Waals surface area contributed by atoms with Crippen LogP contribution in [0, 0.1) is 17.4 Å². The van der Waals surface area contributed by atoms with Crippen molar-refractivity contribution in [3.8, 4) is 11.9 Å². The van der Waals surface area contributed by atoms with Gasteiger partial charge in [-0.2, -0.15) is 4.85 Å². The molecule has 0 bridgehead atoms. The second-order valence-electron chi connectivity index (χ2n) is 5.01. The summed E-state index contributed by atoms with van der Waals surface area (Å²) in [5.74, 6) is -0.766. The van der Waals surface area contributed by atoms with E-state index < -0.39 is 30.8 Å². The van der Waals surface area contributed by atoms with Crippen LogP contribution in [0.2, 0.25) is 0 Å². The molecule has 0 saturated carbocycles. The van der Waals surface area contributed by atoms with E-state index >= 15 is 0 Å². The van der Waals surface area contributed by atoms with Crippen LogP contribution in [0.25, 0.3) is 4.85 Å². The number of nitrogens with zero attached hydrogens (tertiary/aromatic N) is 3. The fraction of sp³-hybridized carbons (Fsp3) is 0.571. The summed E-state index contributed by atoms with van der Waals surface area (Å²) in [7, 11) is 2.74. The molecule has 10 heteroatoms. The third-order valence-corrected chi connectivity index (χ3v) is 3.48. The lowest BCUT2D eigenvalue weighted by Gasteiger charge is -2.33. The summed E-state index contributed by atoms with van der Waals surface area (Å²) in [6.07, 6.45) is -3.29. The first-order chi connectivity index (χ1) is 11.5. The van der Waals surface area contributed by atoms with Gasteiger partial charge in [-0.05, 0) is 9.97 Å². The van der Waals surface area contributed by atoms with E-state index in [-0.39, 0.29) is 30.0 Å². The van der Waals surface area contributed by atoms with E-state index in [1.807, 2.05) is 0 Å². The number of nitrogens with one attached hydrogen (secondary N) is 1. The number of aliphatic hydroxyl groups excluding tert-OH is 3. The van der Waals surface area contributed by atoms with E-state index in [0.29, 0.717) is 0 Å². The molecule has 1 aromatic rings. The van der Waals surface area contributed by atoms with Crippen LogP contribution < -0.4 is 4.74 Å². The molecule has 0 aromatic carbocycles. The Labute approximate surface area is 138 Å². The van der Waals surface area contributed by atoms with Gasteiger partial charge in [-0.3, -0.25) is 5.41 Å². The van der Waals surface area contributed by atoms with E-state index in [0.717, 1.165) is 0 Å². The lowest BCUT2D eigenvalue weighted by Crippen LogP contribution is -2.51. The molecule has 1 saturated heterocycles. The van der Waals surface area contributed by atoms with Crippen molar-refractivity contribution < 1.29 is 29.5 Å². The highest BCUT2D eigenvalue weighted by Gasteiger charge is 2.38. The highest BCUT2D eigenvalue weighted by molar-refractivity contribution is 5.90. The van der Waals surface area contributed by atoms with Gasteiger partial charge in [0.15, 0.2) is 0 Å². The molecule has 1 aromatic heterocycles. The Morgan fingerprint density at radius 3 is 2.79 bits per heavy atom. The van der Waals surface area contributed by atoms with Crippen LogP contribution in [-0.2, 0) is 9.47 Å². The molecule has 1 fully saturated rings. The summed E-state index contributed by atoms with van der Waals surface area (Å²) in [6, 6.07) is 4.03. The molecule has 4 N–H and O–H groups in total. The van der Waals surface area contributed by atoms with Crippen molar-refractivity contribution in [1.82, 2.24) is 9.97 Å². The highest BCUT2D eigenvalue weighted by Crippen LogP contribution is 2.21. The number of aliphatic hydroxyl groups is 3. The van der Waals surface area contributed by atoms with Gasteiger partial charge >= 0.3 is 5.95 Å². The van der Waals surface area contributed by atoms with Crippen molar-refractivity contribution in [2.24, 2.45) is 5.92 Å². The van der Waals surface area contributed by atoms with Gasteiger partial charge in [0.1, 0.15) is 30.3 Å². The number of hydrogen-bond acceptors (Lipinski definition) is 9. The molecule has 1 aliphatic heterocycles. The second-order valence-corrected chi connectivity index (χ2v) is 5.01. The SMILES string of the molecule is COC(=N)c1cc(OC)nc([N+]#CC2CO[C@H](CO)[C@H](O)[C@@H]2O)n1. The summed E-state index contributed by atoms with van der Waals surface area (Å²) in [5, 5.41) is 36.5. The van der Waals surface area contributed by atoms with Crippen LogP contribution in [0.5, 0.6) is 5.88 Å². The minimum Gasteiger partial charge on any atom is -0.479 e. The summed E-state index contributed by atoms with van der Waals surface area (Å²) in [4.78, 5) is 11.9. The van der Waals surface area contributed by atoms with Crippen molar-refractivity contribution in [2.45, 2.75) is 18.3 Å². The molecule has 2 heterocycles. The van der Waals surface area contributed by atoms with Crippen LogP contribution in [0.4, 0.5) is 5.95 Å². The molecule has 10 nitrogen and oxygen atoms in total. The Morgan fingerprint density at radius 1 is 1.42 bits per heavy atom. The summed E-state index contributed by atoms with van der Waals surface area (Å²) in [5.41, 5.74) is 0.172. The maximum atomic E-state index is 10.0. The number of rotatable bonds is 3. The van der Waals surface area contributed by atoms with E-state index in [1.54, 1.807) is 0 Å². The summed E-state index contributed by atoms with van der Waals surface area (Å²) >= 11 is 0. The minimum absolute atomic E-state index is 0.0255. The second kappa shape index (κ2) is 7.98. The molecule has 24 heavy (non-hydrogen) atoms. The van der Waals surface area contributed by atoms with Crippen LogP contribution in [0.1, 0.15) is 5.69 Å². The average Bonchev–Trinajstić information content (AvgIpc) is 2.61. The Kier molecular flexibility index (Phi) is 5.99. The predicted octanol–water partition coefficient (Wildman–Crippen LogP) is -0.850. The van der Waals surface area contributed by atoms with Crippen molar-refractivity contribution in [2.75, 3.05) is 27.4 Å². The average molecular weight is 339 g/mol. The number of methoxy groups -OCH3 is 2. The van der Waals surface area contributed by atoms with Crippen LogP contribution in [0.15, 0.2) is 6.07 Å². The molecule has 0 aliphatic carbocycles. The van der Waals surface area contributed by atoms with Crippen LogP contribution in [-0.4, -0.2) is 76.9 Å². The molecule has 4 atom stereocenters. The van der Waals surface area contributed by atoms with Crippen molar-refractivity contribution >= 4 is 11.8 Å². The molecule has 1 unspecified atom stereocenters. The topological polar surface area (TPSA) is 142 Å². The minimum atomic E-state index is -1.25. The van der Waals surface area contributed by atoms with Crippen LogP contribution in [0.3, 0.4) is 0 Å². The third-order valence-electron chi connectivity index (χ3n) is 3.48. The van der Waals surface area contributed by atoms with Gasteiger partial charge in [0.2, 0.25) is 11.6 Å². The molecule has 0 radical (unpaired) electrons. The van der Waals surface area contributed by atoms with Gasteiger partial charge in [-0.25, -0.2) is 0 Å². The van der Waals surface area contributed by atoms with Crippen molar-refractivity contribution in [3.63, 3.8) is 0 Å². The maximum absolute atomic E-state index is 10.0. The maximum Gasteiger partial charge on any atom is 0.534 e. The zero-order valence-corrected chi connectivity index (χ0v) is 13.2. The summed E-state index contributed by atoms with van der Waals surface area (Å²) < 4.78 is 15.0. The molecule has 2 rings (SSSR count). The van der Waals surface area contributed by atoms with Gasteiger partial charge in [0, 0.05) is 0 Å². The third kappa shape index (κ3) is 3.95. The Hall–Kier alpha value is -2.32. The van der Waals surface area contributed by atoms with Gasteiger partial charge in [0.25, 0.3) is 5.88 Å². The molecule has 0 spiro atoms. The Morgan fingerprint density at radius 2 is 2.17 bits per heavy atom. The van der Waals surface area contributed by atoms with Gasteiger partial charge in [-0.1, -0.05) is 0 Å². The number of aromatic nitrogens is 2. The van der Waals surface area contributed by atoms with Crippen LogP contribution >= 0.6 is 0 Å². The van der Waals surface area contributed by atoms with E-state index in [2.05, 4.69) is 20.9 Å². The lowest BCUT2D eigenvalue weighted by atomic mass is 9.94.